The minimum atomic E-state index is -0.375. The van der Waals surface area contributed by atoms with Gasteiger partial charge in [-0.15, -0.1) is 11.3 Å². The molecule has 0 bridgehead atoms. The number of methoxy groups -OCH3 is 1. The van der Waals surface area contributed by atoms with E-state index in [-0.39, 0.29) is 24.3 Å². The van der Waals surface area contributed by atoms with E-state index in [9.17, 15) is 14.4 Å². The van der Waals surface area contributed by atoms with Crippen LogP contribution < -0.4 is 10.6 Å². The van der Waals surface area contributed by atoms with Gasteiger partial charge in [0.2, 0.25) is 5.91 Å². The molecule has 0 unspecified atom stereocenters. The zero-order valence-corrected chi connectivity index (χ0v) is 20.3. The van der Waals surface area contributed by atoms with Crippen molar-refractivity contribution in [2.45, 2.75) is 70.0 Å². The van der Waals surface area contributed by atoms with Crippen molar-refractivity contribution >= 4 is 34.1 Å². The average Bonchev–Trinajstić information content (AvgIpc) is 3.76. The summed E-state index contributed by atoms with van der Waals surface area (Å²) in [6, 6.07) is 8.38. The number of aryl methyl sites for hydroxylation is 1. The second-order valence-electron chi connectivity index (χ2n) is 9.54. The van der Waals surface area contributed by atoms with E-state index < -0.39 is 0 Å². The molecule has 0 atom stereocenters. The Morgan fingerprint density at radius 3 is 2.47 bits per heavy atom. The number of fused-ring (bicyclic) bond motifs is 1. The maximum Gasteiger partial charge on any atom is 0.341 e. The summed E-state index contributed by atoms with van der Waals surface area (Å²) in [5.74, 6) is -0.511. The van der Waals surface area contributed by atoms with Crippen molar-refractivity contribution in [3.8, 4) is 0 Å². The monoisotopic (exact) mass is 481 g/mol. The lowest BCUT2D eigenvalue weighted by Gasteiger charge is -2.21. The van der Waals surface area contributed by atoms with Crippen molar-refractivity contribution in [3.05, 3.63) is 51.4 Å². The van der Waals surface area contributed by atoms with Gasteiger partial charge in [0, 0.05) is 29.1 Å². The molecule has 2 amide bonds. The van der Waals surface area contributed by atoms with E-state index in [1.54, 1.807) is 0 Å². The molecule has 2 aromatic rings. The molecule has 1 heterocycles. The molecule has 2 N–H and O–H groups in total. The number of anilines is 1. The second-order valence-corrected chi connectivity index (χ2v) is 10.6. The number of esters is 1. The molecule has 180 valence electrons. The molecule has 2 saturated carbocycles. The maximum absolute atomic E-state index is 13.0. The van der Waals surface area contributed by atoms with Crippen LogP contribution in [0.4, 0.5) is 5.00 Å². The molecule has 2 fully saturated rings. The van der Waals surface area contributed by atoms with Crippen molar-refractivity contribution < 1.29 is 19.1 Å². The number of amides is 2. The largest absolute Gasteiger partial charge is 0.465 e. The molecule has 1 aromatic carbocycles. The summed E-state index contributed by atoms with van der Waals surface area (Å²) < 4.78 is 5.02. The van der Waals surface area contributed by atoms with Gasteiger partial charge in [-0.1, -0.05) is 12.1 Å². The number of rotatable bonds is 9. The molecule has 3 aliphatic carbocycles. The van der Waals surface area contributed by atoms with Gasteiger partial charge >= 0.3 is 5.97 Å². The number of carbonyl (C=O) groups is 3. The van der Waals surface area contributed by atoms with E-state index in [1.807, 2.05) is 24.3 Å². The average molecular weight is 482 g/mol. The van der Waals surface area contributed by atoms with Crippen molar-refractivity contribution in [3.63, 3.8) is 0 Å². The molecule has 34 heavy (non-hydrogen) atoms. The van der Waals surface area contributed by atoms with Crippen molar-refractivity contribution in [1.82, 2.24) is 10.2 Å². The summed E-state index contributed by atoms with van der Waals surface area (Å²) in [5.41, 5.74) is 3.32. The first-order valence-electron chi connectivity index (χ1n) is 12.2. The van der Waals surface area contributed by atoms with Crippen LogP contribution >= 0.6 is 11.3 Å². The lowest BCUT2D eigenvalue weighted by Crippen LogP contribution is -2.34. The van der Waals surface area contributed by atoms with Crippen LogP contribution in [0.25, 0.3) is 0 Å². The molecular weight excluding hydrogens is 450 g/mol. The van der Waals surface area contributed by atoms with E-state index >= 15 is 0 Å². The number of nitrogens with zero attached hydrogens (tertiary/aromatic N) is 1. The van der Waals surface area contributed by atoms with Gasteiger partial charge in [-0.3, -0.25) is 14.5 Å². The Bertz CT molecular complexity index is 1090. The highest BCUT2D eigenvalue weighted by atomic mass is 32.1. The molecule has 8 heteroatoms. The second kappa shape index (κ2) is 9.88. The fourth-order valence-corrected chi connectivity index (χ4v) is 5.86. The van der Waals surface area contributed by atoms with Gasteiger partial charge in [0.1, 0.15) is 5.00 Å². The zero-order valence-electron chi connectivity index (χ0n) is 19.5. The van der Waals surface area contributed by atoms with Gasteiger partial charge < -0.3 is 15.4 Å². The Hall–Kier alpha value is -2.71. The first-order valence-corrected chi connectivity index (χ1v) is 13.0. The van der Waals surface area contributed by atoms with Crippen LogP contribution in [0.1, 0.15) is 75.2 Å². The number of hydrogen-bond acceptors (Lipinski definition) is 6. The summed E-state index contributed by atoms with van der Waals surface area (Å²) in [4.78, 5) is 41.1. The summed E-state index contributed by atoms with van der Waals surface area (Å²) in [7, 11) is 1.39. The topological polar surface area (TPSA) is 87.7 Å². The third-order valence-corrected chi connectivity index (χ3v) is 7.95. The molecule has 5 rings (SSSR count). The van der Waals surface area contributed by atoms with Crippen LogP contribution in [-0.4, -0.2) is 48.4 Å². The van der Waals surface area contributed by atoms with Crippen molar-refractivity contribution in [2.75, 3.05) is 19.0 Å². The van der Waals surface area contributed by atoms with Gasteiger partial charge in [0.15, 0.2) is 0 Å². The van der Waals surface area contributed by atoms with E-state index in [1.165, 1.54) is 23.3 Å². The predicted molar refractivity (Wildman–Crippen MR) is 131 cm³/mol. The quantitative estimate of drug-likeness (QED) is 0.531. The highest BCUT2D eigenvalue weighted by Crippen LogP contribution is 2.38. The van der Waals surface area contributed by atoms with E-state index in [0.29, 0.717) is 34.8 Å². The minimum Gasteiger partial charge on any atom is -0.465 e. The third kappa shape index (κ3) is 5.33. The fourth-order valence-electron chi connectivity index (χ4n) is 4.57. The Balaban J connectivity index is 1.24. The number of thiophene rings is 1. The maximum atomic E-state index is 13.0. The first kappa shape index (κ1) is 23.1. The molecule has 0 spiro atoms. The van der Waals surface area contributed by atoms with Crippen LogP contribution in [0.15, 0.2) is 24.3 Å². The molecule has 3 aliphatic rings. The highest BCUT2D eigenvalue weighted by molar-refractivity contribution is 7.17. The minimum absolute atomic E-state index is 0.0208. The highest BCUT2D eigenvalue weighted by Gasteiger charge is 2.32. The molecule has 0 aliphatic heterocycles. The summed E-state index contributed by atoms with van der Waals surface area (Å²) in [5, 5.41) is 6.64. The van der Waals surface area contributed by atoms with E-state index in [2.05, 4.69) is 15.5 Å². The number of hydrogen-bond donors (Lipinski definition) is 2. The van der Waals surface area contributed by atoms with Gasteiger partial charge in [-0.05, 0) is 74.6 Å². The Kier molecular flexibility index (Phi) is 6.70. The predicted octanol–water partition coefficient (Wildman–Crippen LogP) is 3.91. The third-order valence-electron chi connectivity index (χ3n) is 6.74. The molecule has 7 nitrogen and oxygen atoms in total. The molecule has 0 radical (unpaired) electrons. The van der Waals surface area contributed by atoms with Gasteiger partial charge in [-0.25, -0.2) is 4.79 Å². The van der Waals surface area contributed by atoms with E-state index in [0.717, 1.165) is 62.5 Å². The summed E-state index contributed by atoms with van der Waals surface area (Å²) in [6.07, 6.45) is 8.26. The van der Waals surface area contributed by atoms with Crippen LogP contribution in [0, 0.1) is 0 Å². The molecule has 1 aromatic heterocycles. The van der Waals surface area contributed by atoms with Gasteiger partial charge in [-0.2, -0.15) is 0 Å². The summed E-state index contributed by atoms with van der Waals surface area (Å²) >= 11 is 1.51. The van der Waals surface area contributed by atoms with Crippen molar-refractivity contribution in [2.24, 2.45) is 0 Å². The standard InChI is InChI=1S/C26H31N3O4S/c1-33-26(32)23-20-4-2-3-5-21(20)34-25(23)28-22(30)15-29(19-12-13-19)14-16-6-8-17(9-7-16)24(31)27-18-10-11-18/h6-9,18-19H,2-5,10-15H2,1H3,(H,27,31)(H,28,30). The first-order chi connectivity index (χ1) is 16.5. The Morgan fingerprint density at radius 2 is 1.79 bits per heavy atom. The van der Waals surface area contributed by atoms with Crippen LogP contribution in [0.2, 0.25) is 0 Å². The number of benzene rings is 1. The van der Waals surface area contributed by atoms with E-state index in [4.69, 9.17) is 4.74 Å². The lowest BCUT2D eigenvalue weighted by atomic mass is 9.95. The number of carbonyl (C=O) groups excluding carboxylic acids is 3. The Morgan fingerprint density at radius 1 is 1.06 bits per heavy atom. The smallest absolute Gasteiger partial charge is 0.341 e. The fraction of sp³-hybridized carbons (Fsp3) is 0.500. The van der Waals surface area contributed by atoms with Crippen LogP contribution in [0.5, 0.6) is 0 Å². The molecular formula is C26H31N3O4S. The van der Waals surface area contributed by atoms with Gasteiger partial charge in [0.25, 0.3) is 5.91 Å². The lowest BCUT2D eigenvalue weighted by molar-refractivity contribution is -0.117. The normalized spacial score (nSPS) is 17.2. The summed E-state index contributed by atoms with van der Waals surface area (Å²) in [6.45, 7) is 0.908. The van der Waals surface area contributed by atoms with Crippen LogP contribution in [0.3, 0.4) is 0 Å². The SMILES string of the molecule is COC(=O)c1c(NC(=O)CN(Cc2ccc(C(=O)NC3CC3)cc2)C2CC2)sc2c1CCCC2. The van der Waals surface area contributed by atoms with Gasteiger partial charge in [0.05, 0.1) is 19.2 Å². The number of nitrogens with one attached hydrogen (secondary N) is 2. The van der Waals surface area contributed by atoms with Crippen molar-refractivity contribution in [1.29, 1.82) is 0 Å². The zero-order chi connectivity index (χ0) is 23.7. The van der Waals surface area contributed by atoms with Crippen LogP contribution in [-0.2, 0) is 28.9 Å². The Labute approximate surface area is 203 Å². The molecule has 0 saturated heterocycles. The number of ether oxygens (including phenoxy) is 1.